The van der Waals surface area contributed by atoms with Gasteiger partial charge >= 0.3 is 6.03 Å². The number of benzene rings is 2. The van der Waals surface area contributed by atoms with E-state index >= 15 is 0 Å². The number of nitrogens with one attached hydrogen (secondary N) is 2. The minimum absolute atomic E-state index is 0.0343. The summed E-state index contributed by atoms with van der Waals surface area (Å²) in [7, 11) is 0. The van der Waals surface area contributed by atoms with E-state index in [1.54, 1.807) is 13.0 Å². The predicted molar refractivity (Wildman–Crippen MR) is 114 cm³/mol. The summed E-state index contributed by atoms with van der Waals surface area (Å²) in [4.78, 5) is 23.5. The summed E-state index contributed by atoms with van der Waals surface area (Å²) in [5.74, 6) is 0.243. The number of carbonyl (C=O) groups excluding carboxylic acids is 2. The molecule has 3 amide bonds. The van der Waals surface area contributed by atoms with Crippen LogP contribution >= 0.6 is 23.4 Å². The predicted octanol–water partition coefficient (Wildman–Crippen LogP) is 3.58. The lowest BCUT2D eigenvalue weighted by molar-refractivity contribution is -0.117. The van der Waals surface area contributed by atoms with Gasteiger partial charge in [0.1, 0.15) is 0 Å². The Kier molecular flexibility index (Phi) is 7.26. The van der Waals surface area contributed by atoms with Crippen LogP contribution in [0.4, 0.5) is 4.79 Å². The number of hydrogen-bond acceptors (Lipinski definition) is 5. The molecule has 0 unspecified atom stereocenters. The smallest absolute Gasteiger partial charge is 0.321 e. The van der Waals surface area contributed by atoms with E-state index in [0.29, 0.717) is 29.1 Å². The Bertz CT molecular complexity index is 994. The summed E-state index contributed by atoms with van der Waals surface area (Å²) in [6.07, 6.45) is 0. The summed E-state index contributed by atoms with van der Waals surface area (Å²) < 4.78 is 1.92. The van der Waals surface area contributed by atoms with Gasteiger partial charge in [-0.25, -0.2) is 4.79 Å². The molecule has 0 spiro atoms. The van der Waals surface area contributed by atoms with E-state index in [9.17, 15) is 9.59 Å². The van der Waals surface area contributed by atoms with Crippen molar-refractivity contribution in [1.29, 1.82) is 0 Å². The van der Waals surface area contributed by atoms with Crippen LogP contribution in [0.3, 0.4) is 0 Å². The number of carbonyl (C=O) groups is 2. The summed E-state index contributed by atoms with van der Waals surface area (Å²) in [6, 6.07) is 16.8. The molecule has 0 radical (unpaired) electrons. The summed E-state index contributed by atoms with van der Waals surface area (Å²) >= 11 is 7.57. The molecule has 29 heavy (non-hydrogen) atoms. The Morgan fingerprint density at radius 1 is 1.07 bits per heavy atom. The third-order valence-corrected chi connectivity index (χ3v) is 5.23. The second-order valence-corrected chi connectivity index (χ2v) is 7.40. The Balaban J connectivity index is 1.84. The molecule has 2 aromatic carbocycles. The average molecular weight is 430 g/mol. The number of thioether (sulfide) groups is 1. The highest BCUT2D eigenvalue weighted by Gasteiger charge is 2.18. The van der Waals surface area contributed by atoms with E-state index in [2.05, 4.69) is 20.8 Å². The van der Waals surface area contributed by atoms with Crippen LogP contribution in [0.5, 0.6) is 0 Å². The van der Waals surface area contributed by atoms with E-state index in [1.165, 1.54) is 11.8 Å². The number of nitrogens with zero attached hydrogens (tertiary/aromatic N) is 3. The maximum Gasteiger partial charge on any atom is 0.321 e. The number of hydrogen-bond donors (Lipinski definition) is 2. The Labute approximate surface area is 177 Å². The number of halogens is 1. The van der Waals surface area contributed by atoms with Crippen molar-refractivity contribution in [1.82, 2.24) is 25.4 Å². The van der Waals surface area contributed by atoms with Crippen molar-refractivity contribution in [3.63, 3.8) is 0 Å². The average Bonchev–Trinajstić information content (AvgIpc) is 3.10. The molecular weight excluding hydrogens is 410 g/mol. The minimum Gasteiger partial charge on any atom is -0.338 e. The lowest BCUT2D eigenvalue weighted by Gasteiger charge is -2.11. The zero-order valence-electron chi connectivity index (χ0n) is 15.8. The fourth-order valence-corrected chi connectivity index (χ4v) is 3.60. The number of amides is 3. The molecule has 7 nitrogen and oxygen atoms in total. The first-order chi connectivity index (χ1) is 14.1. The van der Waals surface area contributed by atoms with E-state index < -0.39 is 11.9 Å². The van der Waals surface area contributed by atoms with Crippen LogP contribution in [0.1, 0.15) is 12.5 Å². The van der Waals surface area contributed by atoms with Crippen molar-refractivity contribution in [2.45, 2.75) is 18.6 Å². The van der Waals surface area contributed by atoms with Gasteiger partial charge in [-0.15, -0.1) is 10.2 Å². The maximum atomic E-state index is 12.0. The monoisotopic (exact) mass is 429 g/mol. The summed E-state index contributed by atoms with van der Waals surface area (Å²) in [6.45, 7) is 2.74. The van der Waals surface area contributed by atoms with Gasteiger partial charge in [-0.2, -0.15) is 0 Å². The quantitative estimate of drug-likeness (QED) is 0.560. The largest absolute Gasteiger partial charge is 0.338 e. The second-order valence-electron chi connectivity index (χ2n) is 6.05. The number of rotatable bonds is 7. The molecule has 0 atom stereocenters. The van der Waals surface area contributed by atoms with E-state index in [0.717, 1.165) is 11.1 Å². The van der Waals surface area contributed by atoms with E-state index in [-0.39, 0.29) is 5.75 Å². The molecular formula is C20H20ClN5O2S. The van der Waals surface area contributed by atoms with Crippen LogP contribution in [0.2, 0.25) is 5.02 Å². The van der Waals surface area contributed by atoms with Gasteiger partial charge in [0.2, 0.25) is 5.91 Å². The van der Waals surface area contributed by atoms with Crippen molar-refractivity contribution in [3.8, 4) is 11.4 Å². The molecule has 9 heteroatoms. The highest BCUT2D eigenvalue weighted by Crippen LogP contribution is 2.29. The van der Waals surface area contributed by atoms with Gasteiger partial charge in [0.05, 0.1) is 17.3 Å². The van der Waals surface area contributed by atoms with Gasteiger partial charge in [0, 0.05) is 12.1 Å². The molecule has 0 aliphatic carbocycles. The van der Waals surface area contributed by atoms with Crippen LogP contribution in [0.25, 0.3) is 11.4 Å². The highest BCUT2D eigenvalue weighted by atomic mass is 35.5. The summed E-state index contributed by atoms with van der Waals surface area (Å²) in [5.41, 5.74) is 1.82. The molecule has 1 heterocycles. The number of urea groups is 1. The van der Waals surface area contributed by atoms with Gasteiger partial charge in [-0.1, -0.05) is 65.8 Å². The van der Waals surface area contributed by atoms with Gasteiger partial charge in [-0.05, 0) is 24.6 Å². The van der Waals surface area contributed by atoms with Crippen molar-refractivity contribution >= 4 is 35.3 Å². The van der Waals surface area contributed by atoms with Crippen molar-refractivity contribution < 1.29 is 9.59 Å². The first kappa shape index (κ1) is 20.9. The first-order valence-corrected chi connectivity index (χ1v) is 10.4. The molecule has 3 aromatic rings. The standard InChI is InChI=1S/C20H20ClN5O2S/c1-2-22-19(28)23-17(27)13-29-20-25-24-18(15-10-6-7-11-16(15)21)26(20)12-14-8-4-3-5-9-14/h3-11H,2,12-13H2,1H3,(H2,22,23,27,28). The molecule has 0 saturated heterocycles. The third-order valence-electron chi connectivity index (χ3n) is 3.94. The fraction of sp³-hybridized carbons (Fsp3) is 0.200. The molecule has 2 N–H and O–H groups in total. The van der Waals surface area contributed by atoms with E-state index in [4.69, 9.17) is 11.6 Å². The minimum atomic E-state index is -0.513. The SMILES string of the molecule is CCNC(=O)NC(=O)CSc1nnc(-c2ccccc2Cl)n1Cc1ccccc1. The van der Waals surface area contributed by atoms with Crippen molar-refractivity contribution in [2.75, 3.05) is 12.3 Å². The topological polar surface area (TPSA) is 88.9 Å². The van der Waals surface area contributed by atoms with Crippen LogP contribution < -0.4 is 10.6 Å². The van der Waals surface area contributed by atoms with Crippen LogP contribution in [0.15, 0.2) is 59.8 Å². The summed E-state index contributed by atoms with van der Waals surface area (Å²) in [5, 5.41) is 14.5. The fourth-order valence-electron chi connectivity index (χ4n) is 2.64. The zero-order valence-corrected chi connectivity index (χ0v) is 17.3. The van der Waals surface area contributed by atoms with Gasteiger partial charge < -0.3 is 5.32 Å². The Morgan fingerprint density at radius 3 is 2.52 bits per heavy atom. The molecule has 0 saturated carbocycles. The van der Waals surface area contributed by atoms with Crippen LogP contribution in [-0.4, -0.2) is 39.0 Å². The third kappa shape index (κ3) is 5.58. The van der Waals surface area contributed by atoms with Crippen molar-refractivity contribution in [3.05, 3.63) is 65.2 Å². The molecule has 0 aliphatic heterocycles. The highest BCUT2D eigenvalue weighted by molar-refractivity contribution is 7.99. The molecule has 3 rings (SSSR count). The molecule has 1 aromatic heterocycles. The number of imide groups is 1. The van der Waals surface area contributed by atoms with Gasteiger partial charge in [-0.3, -0.25) is 14.7 Å². The molecule has 0 fully saturated rings. The lowest BCUT2D eigenvalue weighted by Crippen LogP contribution is -2.40. The normalized spacial score (nSPS) is 10.6. The molecule has 0 aliphatic rings. The zero-order chi connectivity index (χ0) is 20.6. The van der Waals surface area contributed by atoms with Gasteiger partial charge in [0.25, 0.3) is 0 Å². The first-order valence-electron chi connectivity index (χ1n) is 9.01. The van der Waals surface area contributed by atoms with Crippen LogP contribution in [-0.2, 0) is 11.3 Å². The lowest BCUT2D eigenvalue weighted by atomic mass is 10.2. The second kappa shape index (κ2) is 10.1. The Morgan fingerprint density at radius 2 is 1.79 bits per heavy atom. The molecule has 0 bridgehead atoms. The van der Waals surface area contributed by atoms with Crippen molar-refractivity contribution in [2.24, 2.45) is 0 Å². The maximum absolute atomic E-state index is 12.0. The Hall–Kier alpha value is -2.84. The number of aromatic nitrogens is 3. The van der Waals surface area contributed by atoms with E-state index in [1.807, 2.05) is 53.1 Å². The van der Waals surface area contributed by atoms with Crippen LogP contribution in [0, 0.1) is 0 Å². The molecule has 150 valence electrons. The van der Waals surface area contributed by atoms with Gasteiger partial charge in [0.15, 0.2) is 11.0 Å².